The number of rotatable bonds is 5. The maximum atomic E-state index is 12.5. The van der Waals surface area contributed by atoms with Gasteiger partial charge >= 0.3 is 0 Å². The number of nitrogens with one attached hydrogen (secondary N) is 1. The van der Waals surface area contributed by atoms with Crippen LogP contribution in [0.3, 0.4) is 0 Å². The molecule has 1 aliphatic carbocycles. The Bertz CT molecular complexity index is 934. The topological polar surface area (TPSA) is 63.1 Å². The lowest BCUT2D eigenvalue weighted by molar-refractivity contribution is 0.251. The van der Waals surface area contributed by atoms with E-state index in [1.165, 1.54) is 12.8 Å². The number of aromatic nitrogens is 3. The lowest BCUT2D eigenvalue weighted by Crippen LogP contribution is -2.39. The molecule has 2 atom stereocenters. The van der Waals surface area contributed by atoms with E-state index in [4.69, 9.17) is 4.98 Å². The van der Waals surface area contributed by atoms with E-state index in [1.54, 1.807) is 30.1 Å². The maximum absolute atomic E-state index is 12.5. The fourth-order valence-corrected chi connectivity index (χ4v) is 4.12. The fourth-order valence-electron chi connectivity index (χ4n) is 4.12. The van der Waals surface area contributed by atoms with Crippen LogP contribution >= 0.6 is 0 Å². The number of nitrogens with zero attached hydrogens (tertiary/aromatic N) is 4. The van der Waals surface area contributed by atoms with Gasteiger partial charge in [0.2, 0.25) is 5.95 Å². The van der Waals surface area contributed by atoms with Gasteiger partial charge in [0.15, 0.2) is 0 Å². The highest BCUT2D eigenvalue weighted by atomic mass is 16.1. The predicted molar refractivity (Wildman–Crippen MR) is 117 cm³/mol. The standard InChI is InChI=1S/C23H29N5O/c1-27-22(29)15-21(19-10-12-24-13-11-19)26-23(27)25-20-9-5-6-14-28(17-20)16-18-7-3-2-4-8-18/h2-4,7,10-13,15,18,20H,5-6,8-9,14,16-17H2,1H3,(H,25,26). The monoisotopic (exact) mass is 391 g/mol. The summed E-state index contributed by atoms with van der Waals surface area (Å²) in [7, 11) is 1.78. The van der Waals surface area contributed by atoms with Crippen LogP contribution in [0.1, 0.15) is 25.7 Å². The average Bonchev–Trinajstić information content (AvgIpc) is 2.97. The Morgan fingerprint density at radius 2 is 2.07 bits per heavy atom. The van der Waals surface area contributed by atoms with Crippen LogP contribution in [0.25, 0.3) is 11.3 Å². The van der Waals surface area contributed by atoms with Gasteiger partial charge in [-0.2, -0.15) is 0 Å². The molecular weight excluding hydrogens is 362 g/mol. The summed E-state index contributed by atoms with van der Waals surface area (Å²) in [5.74, 6) is 1.23. The smallest absolute Gasteiger partial charge is 0.255 e. The van der Waals surface area contributed by atoms with E-state index in [9.17, 15) is 4.79 Å². The zero-order valence-electron chi connectivity index (χ0n) is 17.0. The molecule has 152 valence electrons. The van der Waals surface area contributed by atoms with E-state index in [0.29, 0.717) is 17.6 Å². The lowest BCUT2D eigenvalue weighted by atomic mass is 10.00. The van der Waals surface area contributed by atoms with Crippen molar-refractivity contribution in [2.45, 2.75) is 31.7 Å². The molecule has 0 amide bonds. The first-order valence-corrected chi connectivity index (χ1v) is 10.5. The van der Waals surface area contributed by atoms with E-state index in [1.807, 2.05) is 12.1 Å². The molecule has 29 heavy (non-hydrogen) atoms. The zero-order chi connectivity index (χ0) is 20.1. The van der Waals surface area contributed by atoms with Crippen molar-refractivity contribution in [2.24, 2.45) is 13.0 Å². The SMILES string of the molecule is Cn1c(NC2CCCCN(CC3C=CC=CC3)C2)nc(-c2ccncc2)cc1=O. The number of hydrogen-bond acceptors (Lipinski definition) is 5. The summed E-state index contributed by atoms with van der Waals surface area (Å²) in [6, 6.07) is 5.63. The zero-order valence-corrected chi connectivity index (χ0v) is 17.0. The number of anilines is 1. The molecule has 2 aromatic heterocycles. The summed E-state index contributed by atoms with van der Waals surface area (Å²) >= 11 is 0. The van der Waals surface area contributed by atoms with E-state index < -0.39 is 0 Å². The minimum Gasteiger partial charge on any atom is -0.352 e. The van der Waals surface area contributed by atoms with Crippen molar-refractivity contribution < 1.29 is 0 Å². The molecule has 0 radical (unpaired) electrons. The highest BCUT2D eigenvalue weighted by Crippen LogP contribution is 2.20. The van der Waals surface area contributed by atoms with Gasteiger partial charge in [0.05, 0.1) is 5.69 Å². The average molecular weight is 392 g/mol. The second-order valence-corrected chi connectivity index (χ2v) is 8.00. The highest BCUT2D eigenvalue weighted by Gasteiger charge is 2.21. The van der Waals surface area contributed by atoms with Crippen LogP contribution in [0.5, 0.6) is 0 Å². The van der Waals surface area contributed by atoms with Gasteiger partial charge in [-0.25, -0.2) is 4.98 Å². The largest absolute Gasteiger partial charge is 0.352 e. The molecule has 6 nitrogen and oxygen atoms in total. The van der Waals surface area contributed by atoms with Crippen LogP contribution in [0.15, 0.2) is 59.7 Å². The lowest BCUT2D eigenvalue weighted by Gasteiger charge is -2.28. The third-order valence-corrected chi connectivity index (χ3v) is 5.76. The molecule has 6 heteroatoms. The Labute approximate surface area is 172 Å². The Kier molecular flexibility index (Phi) is 6.20. The van der Waals surface area contributed by atoms with Gasteiger partial charge in [-0.05, 0) is 43.9 Å². The summed E-state index contributed by atoms with van der Waals surface area (Å²) in [4.78, 5) is 23.9. The number of hydrogen-bond donors (Lipinski definition) is 1. The molecule has 0 spiro atoms. The summed E-state index contributed by atoms with van der Waals surface area (Å²) in [5, 5.41) is 3.57. The van der Waals surface area contributed by atoms with Crippen LogP contribution in [0.2, 0.25) is 0 Å². The highest BCUT2D eigenvalue weighted by molar-refractivity contribution is 5.59. The Morgan fingerprint density at radius 1 is 1.21 bits per heavy atom. The quantitative estimate of drug-likeness (QED) is 0.848. The van der Waals surface area contributed by atoms with Gasteiger partial charge in [0.1, 0.15) is 0 Å². The second kappa shape index (κ2) is 9.18. The second-order valence-electron chi connectivity index (χ2n) is 8.00. The first kappa shape index (κ1) is 19.6. The Hall–Kier alpha value is -2.73. The molecule has 0 aromatic carbocycles. The summed E-state index contributed by atoms with van der Waals surface area (Å²) < 4.78 is 1.61. The van der Waals surface area contributed by atoms with Gasteiger partial charge in [0.25, 0.3) is 5.56 Å². The van der Waals surface area contributed by atoms with Crippen molar-refractivity contribution >= 4 is 5.95 Å². The van der Waals surface area contributed by atoms with Crippen LogP contribution in [0, 0.1) is 5.92 Å². The van der Waals surface area contributed by atoms with Crippen molar-refractivity contribution in [2.75, 3.05) is 25.0 Å². The molecule has 4 rings (SSSR count). The van der Waals surface area contributed by atoms with Crippen molar-refractivity contribution in [3.05, 3.63) is 65.3 Å². The molecular formula is C23H29N5O. The van der Waals surface area contributed by atoms with Crippen LogP contribution in [-0.2, 0) is 7.05 Å². The predicted octanol–water partition coefficient (Wildman–Crippen LogP) is 3.24. The molecule has 1 aliphatic heterocycles. The summed E-state index contributed by atoms with van der Waals surface area (Å²) in [6.45, 7) is 3.20. The van der Waals surface area contributed by atoms with Crippen molar-refractivity contribution in [3.8, 4) is 11.3 Å². The Balaban J connectivity index is 1.50. The maximum Gasteiger partial charge on any atom is 0.255 e. The molecule has 1 fully saturated rings. The molecule has 2 aromatic rings. The van der Waals surface area contributed by atoms with Gasteiger partial charge in [0, 0.05) is 50.2 Å². The summed E-state index contributed by atoms with van der Waals surface area (Å²) in [5.41, 5.74) is 1.53. The normalized spacial score (nSPS) is 22.4. The van der Waals surface area contributed by atoms with Gasteiger partial charge in [-0.3, -0.25) is 14.3 Å². The number of pyridine rings is 1. The van der Waals surface area contributed by atoms with Crippen LogP contribution < -0.4 is 10.9 Å². The van der Waals surface area contributed by atoms with Gasteiger partial charge in [-0.15, -0.1) is 0 Å². The Morgan fingerprint density at radius 3 is 2.86 bits per heavy atom. The van der Waals surface area contributed by atoms with Crippen LogP contribution in [0.4, 0.5) is 5.95 Å². The van der Waals surface area contributed by atoms with Gasteiger partial charge < -0.3 is 10.2 Å². The first-order chi connectivity index (χ1) is 14.2. The minimum atomic E-state index is -0.0566. The van der Waals surface area contributed by atoms with Crippen molar-refractivity contribution in [1.29, 1.82) is 0 Å². The van der Waals surface area contributed by atoms with Crippen molar-refractivity contribution in [1.82, 2.24) is 19.4 Å². The van der Waals surface area contributed by atoms with E-state index in [0.717, 1.165) is 38.0 Å². The molecule has 2 aliphatic rings. The molecule has 1 N–H and O–H groups in total. The van der Waals surface area contributed by atoms with Crippen molar-refractivity contribution in [3.63, 3.8) is 0 Å². The van der Waals surface area contributed by atoms with E-state index in [-0.39, 0.29) is 11.6 Å². The van der Waals surface area contributed by atoms with Crippen LogP contribution in [-0.4, -0.2) is 45.1 Å². The first-order valence-electron chi connectivity index (χ1n) is 10.5. The molecule has 2 unspecified atom stereocenters. The number of likely N-dealkylation sites (tertiary alicyclic amines) is 1. The molecule has 0 saturated carbocycles. The third-order valence-electron chi connectivity index (χ3n) is 5.76. The minimum absolute atomic E-state index is 0.0566. The van der Waals surface area contributed by atoms with E-state index in [2.05, 4.69) is 39.5 Å². The number of allylic oxidation sites excluding steroid dienone is 3. The third kappa shape index (κ3) is 5.01. The molecule has 0 bridgehead atoms. The molecule has 1 saturated heterocycles. The molecule has 3 heterocycles. The van der Waals surface area contributed by atoms with E-state index >= 15 is 0 Å². The summed E-state index contributed by atoms with van der Waals surface area (Å²) in [6.07, 6.45) is 16.9. The fraction of sp³-hybridized carbons (Fsp3) is 0.435. The van der Waals surface area contributed by atoms with Gasteiger partial charge in [-0.1, -0.05) is 30.7 Å².